The van der Waals surface area contributed by atoms with Crippen LogP contribution in [0.15, 0.2) is 28.7 Å². The minimum Gasteiger partial charge on any atom is -0.352 e. The van der Waals surface area contributed by atoms with Crippen molar-refractivity contribution in [2.45, 2.75) is 33.1 Å². The first kappa shape index (κ1) is 15.6. The van der Waals surface area contributed by atoms with Crippen molar-refractivity contribution in [3.63, 3.8) is 0 Å². The van der Waals surface area contributed by atoms with Crippen molar-refractivity contribution < 1.29 is 9.47 Å². The lowest BCUT2D eigenvalue weighted by Gasteiger charge is -2.21. The van der Waals surface area contributed by atoms with Crippen LogP contribution in [-0.4, -0.2) is 26.0 Å². The number of nitrogens with one attached hydrogen (secondary N) is 1. The maximum absolute atomic E-state index is 5.50. The SMILES string of the molecule is CCOC(CNC(C)c1ccc(Br)cc1)OCC. The summed E-state index contributed by atoms with van der Waals surface area (Å²) in [5, 5.41) is 3.42. The molecule has 0 heterocycles. The lowest BCUT2D eigenvalue weighted by molar-refractivity contribution is -0.133. The van der Waals surface area contributed by atoms with E-state index in [2.05, 4.69) is 52.4 Å². The molecule has 102 valence electrons. The highest BCUT2D eigenvalue weighted by Crippen LogP contribution is 2.16. The maximum Gasteiger partial charge on any atom is 0.169 e. The van der Waals surface area contributed by atoms with Gasteiger partial charge < -0.3 is 14.8 Å². The van der Waals surface area contributed by atoms with E-state index < -0.39 is 0 Å². The summed E-state index contributed by atoms with van der Waals surface area (Å²) in [7, 11) is 0. The molecule has 0 aliphatic rings. The first-order valence-electron chi connectivity index (χ1n) is 6.39. The molecule has 4 heteroatoms. The van der Waals surface area contributed by atoms with Crippen LogP contribution in [0.25, 0.3) is 0 Å². The van der Waals surface area contributed by atoms with Crippen molar-refractivity contribution in [1.82, 2.24) is 5.32 Å². The smallest absolute Gasteiger partial charge is 0.169 e. The van der Waals surface area contributed by atoms with Gasteiger partial charge in [-0.3, -0.25) is 0 Å². The fourth-order valence-corrected chi connectivity index (χ4v) is 1.94. The van der Waals surface area contributed by atoms with Crippen LogP contribution in [0.2, 0.25) is 0 Å². The number of hydrogen-bond acceptors (Lipinski definition) is 3. The third kappa shape index (κ3) is 5.48. The van der Waals surface area contributed by atoms with E-state index in [0.717, 1.165) is 4.47 Å². The molecule has 0 saturated heterocycles. The van der Waals surface area contributed by atoms with E-state index in [1.807, 2.05) is 13.8 Å². The normalized spacial score (nSPS) is 12.9. The van der Waals surface area contributed by atoms with Crippen molar-refractivity contribution in [2.24, 2.45) is 0 Å². The van der Waals surface area contributed by atoms with Crippen molar-refractivity contribution in [3.8, 4) is 0 Å². The van der Waals surface area contributed by atoms with Crippen LogP contribution in [0.3, 0.4) is 0 Å². The van der Waals surface area contributed by atoms with E-state index in [0.29, 0.717) is 19.8 Å². The van der Waals surface area contributed by atoms with Gasteiger partial charge in [-0.05, 0) is 38.5 Å². The number of ether oxygens (including phenoxy) is 2. The Balaban J connectivity index is 2.43. The molecule has 1 aromatic carbocycles. The Morgan fingerprint density at radius 1 is 1.11 bits per heavy atom. The van der Waals surface area contributed by atoms with Gasteiger partial charge in [0.2, 0.25) is 0 Å². The molecule has 0 fully saturated rings. The molecule has 3 nitrogen and oxygen atoms in total. The van der Waals surface area contributed by atoms with E-state index >= 15 is 0 Å². The number of hydrogen-bond donors (Lipinski definition) is 1. The Kier molecular flexibility index (Phi) is 7.51. The van der Waals surface area contributed by atoms with Gasteiger partial charge in [0.05, 0.1) is 0 Å². The number of halogens is 1. The summed E-state index contributed by atoms with van der Waals surface area (Å²) in [5.41, 5.74) is 1.25. The van der Waals surface area contributed by atoms with E-state index in [1.54, 1.807) is 0 Å². The Hall–Kier alpha value is -0.420. The molecule has 0 aromatic heterocycles. The molecule has 1 N–H and O–H groups in total. The monoisotopic (exact) mass is 315 g/mol. The van der Waals surface area contributed by atoms with Gasteiger partial charge in [0.15, 0.2) is 6.29 Å². The lowest BCUT2D eigenvalue weighted by Crippen LogP contribution is -2.33. The Morgan fingerprint density at radius 2 is 1.67 bits per heavy atom. The minimum atomic E-state index is -0.169. The Bertz CT molecular complexity index is 323. The maximum atomic E-state index is 5.50. The Morgan fingerprint density at radius 3 is 2.17 bits per heavy atom. The highest BCUT2D eigenvalue weighted by molar-refractivity contribution is 9.10. The van der Waals surface area contributed by atoms with Gasteiger partial charge in [-0.2, -0.15) is 0 Å². The molecule has 1 atom stereocenters. The minimum absolute atomic E-state index is 0.169. The van der Waals surface area contributed by atoms with Gasteiger partial charge in [-0.25, -0.2) is 0 Å². The molecule has 18 heavy (non-hydrogen) atoms. The molecule has 0 spiro atoms. The largest absolute Gasteiger partial charge is 0.352 e. The molecular weight excluding hydrogens is 294 g/mol. The second-order valence-corrected chi connectivity index (χ2v) is 4.94. The molecular formula is C14H22BrNO2. The third-order valence-corrected chi connectivity index (χ3v) is 3.19. The standard InChI is InChI=1S/C14H22BrNO2/c1-4-17-14(18-5-2)10-16-11(3)12-6-8-13(15)9-7-12/h6-9,11,14,16H,4-5,10H2,1-3H3. The van der Waals surface area contributed by atoms with E-state index in [9.17, 15) is 0 Å². The third-order valence-electron chi connectivity index (χ3n) is 2.67. The van der Waals surface area contributed by atoms with Crippen molar-refractivity contribution in [2.75, 3.05) is 19.8 Å². The van der Waals surface area contributed by atoms with Crippen LogP contribution in [-0.2, 0) is 9.47 Å². The van der Waals surface area contributed by atoms with E-state index in [4.69, 9.17) is 9.47 Å². The van der Waals surface area contributed by atoms with E-state index in [1.165, 1.54) is 5.56 Å². The summed E-state index contributed by atoms with van der Waals surface area (Å²) in [4.78, 5) is 0. The number of rotatable bonds is 8. The summed E-state index contributed by atoms with van der Waals surface area (Å²) in [6.45, 7) is 8.11. The molecule has 0 bridgehead atoms. The van der Waals surface area contributed by atoms with Crippen LogP contribution in [0.5, 0.6) is 0 Å². The highest BCUT2D eigenvalue weighted by Gasteiger charge is 2.10. The summed E-state index contributed by atoms with van der Waals surface area (Å²) in [5.74, 6) is 0. The molecule has 1 aromatic rings. The van der Waals surface area contributed by atoms with Gasteiger partial charge >= 0.3 is 0 Å². The molecule has 1 unspecified atom stereocenters. The molecule has 0 saturated carbocycles. The zero-order valence-electron chi connectivity index (χ0n) is 11.3. The predicted molar refractivity (Wildman–Crippen MR) is 77.6 cm³/mol. The predicted octanol–water partition coefficient (Wildman–Crippen LogP) is 3.50. The van der Waals surface area contributed by atoms with Crippen LogP contribution >= 0.6 is 15.9 Å². The van der Waals surface area contributed by atoms with Gasteiger partial charge in [-0.15, -0.1) is 0 Å². The summed E-state index contributed by atoms with van der Waals surface area (Å²) in [6, 6.07) is 8.60. The number of benzene rings is 1. The topological polar surface area (TPSA) is 30.5 Å². The fourth-order valence-electron chi connectivity index (χ4n) is 1.68. The van der Waals surface area contributed by atoms with Gasteiger partial charge in [0.25, 0.3) is 0 Å². The van der Waals surface area contributed by atoms with Crippen molar-refractivity contribution in [1.29, 1.82) is 0 Å². The second-order valence-electron chi connectivity index (χ2n) is 4.02. The first-order chi connectivity index (χ1) is 8.67. The summed E-state index contributed by atoms with van der Waals surface area (Å²) in [6.07, 6.45) is -0.169. The Labute approximate surface area is 118 Å². The molecule has 0 aliphatic heterocycles. The summed E-state index contributed by atoms with van der Waals surface area (Å²) < 4.78 is 12.1. The quantitative estimate of drug-likeness (QED) is 0.745. The molecule has 0 radical (unpaired) electrons. The zero-order chi connectivity index (χ0) is 13.4. The van der Waals surface area contributed by atoms with Gasteiger partial charge in [0, 0.05) is 30.3 Å². The highest BCUT2D eigenvalue weighted by atomic mass is 79.9. The summed E-state index contributed by atoms with van der Waals surface area (Å²) >= 11 is 3.44. The van der Waals surface area contributed by atoms with Gasteiger partial charge in [-0.1, -0.05) is 28.1 Å². The average molecular weight is 316 g/mol. The van der Waals surface area contributed by atoms with Crippen LogP contribution in [0.1, 0.15) is 32.4 Å². The second kappa shape index (κ2) is 8.64. The molecule has 1 rings (SSSR count). The van der Waals surface area contributed by atoms with E-state index in [-0.39, 0.29) is 12.3 Å². The van der Waals surface area contributed by atoms with Crippen molar-refractivity contribution >= 4 is 15.9 Å². The molecule has 0 aliphatic carbocycles. The molecule has 0 amide bonds. The fraction of sp³-hybridized carbons (Fsp3) is 0.571. The lowest BCUT2D eigenvalue weighted by atomic mass is 10.1. The van der Waals surface area contributed by atoms with Crippen LogP contribution in [0.4, 0.5) is 0 Å². The zero-order valence-corrected chi connectivity index (χ0v) is 12.9. The average Bonchev–Trinajstić information content (AvgIpc) is 2.37. The first-order valence-corrected chi connectivity index (χ1v) is 7.18. The van der Waals surface area contributed by atoms with Crippen LogP contribution in [0, 0.1) is 0 Å². The van der Waals surface area contributed by atoms with Gasteiger partial charge in [0.1, 0.15) is 0 Å². The van der Waals surface area contributed by atoms with Crippen LogP contribution < -0.4 is 5.32 Å². The van der Waals surface area contributed by atoms with Crippen molar-refractivity contribution in [3.05, 3.63) is 34.3 Å².